The monoisotopic (exact) mass is 313 g/mol. The number of rotatable bonds is 3. The largest absolute Gasteiger partial charge is 0.497 e. The summed E-state index contributed by atoms with van der Waals surface area (Å²) in [5, 5.41) is 4.10. The van der Waals surface area contributed by atoms with E-state index >= 15 is 0 Å². The normalized spacial score (nSPS) is 18.0. The van der Waals surface area contributed by atoms with E-state index in [-0.39, 0.29) is 5.91 Å². The molecule has 1 aromatic carbocycles. The van der Waals surface area contributed by atoms with Gasteiger partial charge in [-0.05, 0) is 43.0 Å². The molecule has 0 aliphatic carbocycles. The van der Waals surface area contributed by atoms with Crippen LogP contribution in [0.4, 0.5) is 0 Å². The van der Waals surface area contributed by atoms with Crippen molar-refractivity contribution in [3.05, 3.63) is 47.3 Å². The van der Waals surface area contributed by atoms with E-state index < -0.39 is 0 Å². The molecule has 1 amide bonds. The van der Waals surface area contributed by atoms with Crippen molar-refractivity contribution in [1.82, 2.24) is 14.7 Å². The maximum atomic E-state index is 12.6. The van der Waals surface area contributed by atoms with Gasteiger partial charge in [-0.1, -0.05) is 6.07 Å². The molecule has 1 aliphatic rings. The minimum absolute atomic E-state index is 0.0777. The van der Waals surface area contributed by atoms with E-state index in [1.165, 1.54) is 11.1 Å². The Balaban J connectivity index is 1.77. The molecule has 3 rings (SSSR count). The van der Waals surface area contributed by atoms with Crippen molar-refractivity contribution in [3.63, 3.8) is 0 Å². The number of benzene rings is 1. The summed E-state index contributed by atoms with van der Waals surface area (Å²) in [6, 6.07) is 6.21. The van der Waals surface area contributed by atoms with Crippen molar-refractivity contribution in [3.8, 4) is 5.75 Å². The number of carbonyl (C=O) groups is 1. The number of hydrogen-bond acceptors (Lipinski definition) is 3. The van der Waals surface area contributed by atoms with Crippen molar-refractivity contribution >= 4 is 5.91 Å². The maximum absolute atomic E-state index is 12.6. The average Bonchev–Trinajstić information content (AvgIpc) is 3.00. The van der Waals surface area contributed by atoms with Crippen LogP contribution < -0.4 is 4.74 Å². The summed E-state index contributed by atoms with van der Waals surface area (Å²) < 4.78 is 6.95. The first-order valence-electron chi connectivity index (χ1n) is 8.01. The Morgan fingerprint density at radius 3 is 2.87 bits per heavy atom. The second-order valence-electron chi connectivity index (χ2n) is 6.22. The van der Waals surface area contributed by atoms with Gasteiger partial charge < -0.3 is 9.64 Å². The first-order chi connectivity index (χ1) is 11.1. The molecule has 2 aromatic rings. The zero-order valence-corrected chi connectivity index (χ0v) is 14.0. The molecule has 0 bridgehead atoms. The van der Waals surface area contributed by atoms with Crippen LogP contribution in [0.15, 0.2) is 30.6 Å². The van der Waals surface area contributed by atoms with Crippen molar-refractivity contribution < 1.29 is 9.53 Å². The third-order valence-electron chi connectivity index (χ3n) is 4.58. The van der Waals surface area contributed by atoms with Crippen molar-refractivity contribution in [1.29, 1.82) is 0 Å². The van der Waals surface area contributed by atoms with Gasteiger partial charge in [0.2, 0.25) is 0 Å². The fraction of sp³-hybridized carbons (Fsp3) is 0.444. The van der Waals surface area contributed by atoms with Crippen molar-refractivity contribution in [2.75, 3.05) is 20.2 Å². The van der Waals surface area contributed by atoms with E-state index in [0.29, 0.717) is 11.5 Å². The predicted octanol–water partition coefficient (Wildman–Crippen LogP) is 2.76. The summed E-state index contributed by atoms with van der Waals surface area (Å²) in [4.78, 5) is 14.6. The Hall–Kier alpha value is -2.30. The van der Waals surface area contributed by atoms with Crippen LogP contribution in [0.25, 0.3) is 0 Å². The van der Waals surface area contributed by atoms with Crippen LogP contribution in [-0.2, 0) is 7.05 Å². The summed E-state index contributed by atoms with van der Waals surface area (Å²) in [5.41, 5.74) is 3.21. The molecule has 122 valence electrons. The second kappa shape index (κ2) is 6.44. The molecule has 0 saturated carbocycles. The molecule has 0 N–H and O–H groups in total. The van der Waals surface area contributed by atoms with Crippen LogP contribution >= 0.6 is 0 Å². The lowest BCUT2D eigenvalue weighted by Gasteiger charge is -2.33. The summed E-state index contributed by atoms with van der Waals surface area (Å²) in [5.74, 6) is 1.34. The highest BCUT2D eigenvalue weighted by molar-refractivity contribution is 5.93. The molecular formula is C18H23N3O2. The number of nitrogens with zero attached hydrogens (tertiary/aromatic N) is 3. The quantitative estimate of drug-likeness (QED) is 0.875. The van der Waals surface area contributed by atoms with Gasteiger partial charge >= 0.3 is 0 Å². The lowest BCUT2D eigenvalue weighted by Crippen LogP contribution is -2.39. The number of piperidine rings is 1. The van der Waals surface area contributed by atoms with Crippen LogP contribution in [0.5, 0.6) is 5.75 Å². The molecule has 1 saturated heterocycles. The first kappa shape index (κ1) is 15.6. The van der Waals surface area contributed by atoms with Gasteiger partial charge in [0.15, 0.2) is 0 Å². The van der Waals surface area contributed by atoms with E-state index in [1.54, 1.807) is 24.2 Å². The molecule has 5 heteroatoms. The number of methoxy groups -OCH3 is 1. The number of carbonyl (C=O) groups excluding carboxylic acids is 1. The molecule has 1 aliphatic heterocycles. The molecular weight excluding hydrogens is 290 g/mol. The number of likely N-dealkylation sites (tertiary alicyclic amines) is 1. The van der Waals surface area contributed by atoms with Crippen LogP contribution in [0, 0.1) is 6.92 Å². The van der Waals surface area contributed by atoms with Gasteiger partial charge in [-0.3, -0.25) is 9.48 Å². The van der Waals surface area contributed by atoms with Crippen LogP contribution in [-0.4, -0.2) is 40.8 Å². The zero-order chi connectivity index (χ0) is 16.4. The third-order valence-corrected chi connectivity index (χ3v) is 4.58. The molecule has 1 unspecified atom stereocenters. The van der Waals surface area contributed by atoms with Gasteiger partial charge in [0.1, 0.15) is 5.75 Å². The van der Waals surface area contributed by atoms with Gasteiger partial charge in [0, 0.05) is 32.3 Å². The van der Waals surface area contributed by atoms with Gasteiger partial charge in [0.05, 0.1) is 18.9 Å². The molecule has 23 heavy (non-hydrogen) atoms. The van der Waals surface area contributed by atoms with E-state index in [1.807, 2.05) is 18.0 Å². The number of aromatic nitrogens is 2. The molecule has 1 aromatic heterocycles. The van der Waals surface area contributed by atoms with Crippen molar-refractivity contribution in [2.24, 2.45) is 7.05 Å². The Morgan fingerprint density at radius 1 is 1.39 bits per heavy atom. The molecule has 0 radical (unpaired) electrons. The van der Waals surface area contributed by atoms with Gasteiger partial charge in [-0.15, -0.1) is 0 Å². The highest BCUT2D eigenvalue weighted by Gasteiger charge is 2.27. The zero-order valence-electron chi connectivity index (χ0n) is 14.0. The van der Waals surface area contributed by atoms with E-state index in [0.717, 1.165) is 31.7 Å². The fourth-order valence-corrected chi connectivity index (χ4v) is 3.36. The summed E-state index contributed by atoms with van der Waals surface area (Å²) in [7, 11) is 3.51. The number of hydrogen-bond donors (Lipinski definition) is 0. The van der Waals surface area contributed by atoms with Crippen LogP contribution in [0.1, 0.15) is 40.2 Å². The smallest absolute Gasteiger partial charge is 0.257 e. The Kier molecular flexibility index (Phi) is 4.37. The maximum Gasteiger partial charge on any atom is 0.257 e. The lowest BCUT2D eigenvalue weighted by molar-refractivity contribution is 0.0706. The average molecular weight is 313 g/mol. The molecule has 2 heterocycles. The number of ether oxygens (including phenoxy) is 1. The summed E-state index contributed by atoms with van der Waals surface area (Å²) in [6.45, 7) is 3.69. The first-order valence-corrected chi connectivity index (χ1v) is 8.01. The molecule has 5 nitrogen and oxygen atoms in total. The van der Waals surface area contributed by atoms with Gasteiger partial charge in [-0.2, -0.15) is 5.10 Å². The van der Waals surface area contributed by atoms with Gasteiger partial charge in [0.25, 0.3) is 5.91 Å². The summed E-state index contributed by atoms with van der Waals surface area (Å²) in [6.07, 6.45) is 5.57. The second-order valence-corrected chi connectivity index (χ2v) is 6.22. The fourth-order valence-electron chi connectivity index (χ4n) is 3.36. The van der Waals surface area contributed by atoms with E-state index in [2.05, 4.69) is 24.2 Å². The minimum atomic E-state index is 0.0777. The summed E-state index contributed by atoms with van der Waals surface area (Å²) >= 11 is 0. The SMILES string of the molecule is COc1ccc(C2CCCN(C(=O)c3cnn(C)c3)C2)c(C)c1. The number of aryl methyl sites for hydroxylation is 2. The Labute approximate surface area is 136 Å². The highest BCUT2D eigenvalue weighted by atomic mass is 16.5. The third kappa shape index (κ3) is 3.23. The lowest BCUT2D eigenvalue weighted by atomic mass is 9.87. The van der Waals surface area contributed by atoms with Crippen molar-refractivity contribution in [2.45, 2.75) is 25.7 Å². The van der Waals surface area contributed by atoms with Crippen LogP contribution in [0.2, 0.25) is 0 Å². The Bertz CT molecular complexity index is 708. The molecule has 1 atom stereocenters. The molecule has 1 fully saturated rings. The topological polar surface area (TPSA) is 47.4 Å². The standard InChI is InChI=1S/C18H23N3O2/c1-13-9-16(23-3)6-7-17(13)14-5-4-8-21(12-14)18(22)15-10-19-20(2)11-15/h6-7,9-11,14H,4-5,8,12H2,1-3H3. The number of amides is 1. The van der Waals surface area contributed by atoms with E-state index in [4.69, 9.17) is 4.74 Å². The van der Waals surface area contributed by atoms with Crippen LogP contribution in [0.3, 0.4) is 0 Å². The minimum Gasteiger partial charge on any atom is -0.497 e. The highest BCUT2D eigenvalue weighted by Crippen LogP contribution is 2.31. The Morgan fingerprint density at radius 2 is 2.22 bits per heavy atom. The molecule has 0 spiro atoms. The predicted molar refractivity (Wildman–Crippen MR) is 88.8 cm³/mol. The van der Waals surface area contributed by atoms with Gasteiger partial charge in [-0.25, -0.2) is 0 Å². The van der Waals surface area contributed by atoms with E-state index in [9.17, 15) is 4.79 Å².